The summed E-state index contributed by atoms with van der Waals surface area (Å²) < 4.78 is 9.96. The molecule has 2 atom stereocenters. The molecule has 0 fully saturated rings. The number of fused-ring (bicyclic) bond motifs is 12. The van der Waals surface area contributed by atoms with Gasteiger partial charge in [0.15, 0.2) is 5.82 Å². The van der Waals surface area contributed by atoms with Crippen molar-refractivity contribution in [3.05, 3.63) is 314 Å². The van der Waals surface area contributed by atoms with E-state index in [1.54, 1.807) is 0 Å². The number of aliphatic imine (C=N–C) groups is 1. The third kappa shape index (κ3) is 9.15. The van der Waals surface area contributed by atoms with Crippen molar-refractivity contribution in [1.29, 1.82) is 0 Å². The van der Waals surface area contributed by atoms with E-state index in [2.05, 4.69) is 320 Å². The van der Waals surface area contributed by atoms with Gasteiger partial charge in [-0.15, -0.1) is 22.7 Å². The number of thiophene rings is 2. The SMILES string of the molecule is CC1=C(c2ccccc2)N=C(n2c3ccccc3c3cc(-c4cccc5c4sc4cc(-c6ccc7c8cc(-c9cccc%10c9sc9ccccc9%10)ccc8n(-c8cccc(-c9nc(-c%10ccccc%10)nc(-c%10ccccc%10)c9C)c8)c7c6)ccc45)ccc32)NC1C1C=CC=CC1. The van der Waals surface area contributed by atoms with Gasteiger partial charge in [-0.2, -0.15) is 0 Å². The largest absolute Gasteiger partial charge is 0.348 e. The number of nitrogens with zero attached hydrogens (tertiary/aromatic N) is 5. The van der Waals surface area contributed by atoms with Crippen LogP contribution >= 0.6 is 22.7 Å². The van der Waals surface area contributed by atoms with Gasteiger partial charge in [0.1, 0.15) is 0 Å². The molecule has 0 saturated heterocycles. The Labute approximate surface area is 563 Å². The lowest BCUT2D eigenvalue weighted by Crippen LogP contribution is -2.46. The van der Waals surface area contributed by atoms with Crippen molar-refractivity contribution in [3.8, 4) is 73.0 Å². The summed E-state index contributed by atoms with van der Waals surface area (Å²) in [5, 5.41) is 13.9. The van der Waals surface area contributed by atoms with Gasteiger partial charge < -0.3 is 9.88 Å². The first-order valence-electron chi connectivity index (χ1n) is 33.0. The summed E-state index contributed by atoms with van der Waals surface area (Å²) in [4.78, 5) is 16.1. The quantitative estimate of drug-likeness (QED) is 0.157. The fourth-order valence-electron chi connectivity index (χ4n) is 15.3. The van der Waals surface area contributed by atoms with Gasteiger partial charge in [0.05, 0.1) is 45.2 Å². The third-order valence-electron chi connectivity index (χ3n) is 19.9. The Morgan fingerprint density at radius 3 is 1.64 bits per heavy atom. The lowest BCUT2D eigenvalue weighted by molar-refractivity contribution is 0.508. The van der Waals surface area contributed by atoms with E-state index in [-0.39, 0.29) is 6.04 Å². The zero-order valence-electron chi connectivity index (χ0n) is 52.7. The number of rotatable bonds is 9. The van der Waals surface area contributed by atoms with Crippen molar-refractivity contribution in [3.63, 3.8) is 0 Å². The van der Waals surface area contributed by atoms with Crippen molar-refractivity contribution in [2.45, 2.75) is 26.3 Å². The van der Waals surface area contributed by atoms with Crippen LogP contribution in [0.3, 0.4) is 0 Å². The van der Waals surface area contributed by atoms with Gasteiger partial charge in [0, 0.05) is 101 Å². The van der Waals surface area contributed by atoms with Crippen LogP contribution in [0.15, 0.2) is 308 Å². The number of para-hydroxylation sites is 1. The molecule has 1 N–H and O–H groups in total. The van der Waals surface area contributed by atoms with Gasteiger partial charge in [0.25, 0.3) is 0 Å². The number of aromatic nitrogens is 4. The standard InChI is InChI=1S/C88H60N6S2/c1-53-81(55-22-7-3-8-23-55)89-87(58-28-13-6-14-29-58)90-84(53)63-30-19-31-64(48-63)93-76-46-42-61(65-34-20-36-71-69-33-16-18-39-79(69)95-85(65)71)50-74(76)68-44-40-59(51-78(68)93)60-41-45-70-72-37-21-35-66(86(72)96-80(70)52-60)62-43-47-77-73(49-62)67-32-15-17-38-75(67)94(77)88-91-82(56-24-9-4-10-25-56)54(2)83(92-88)57-26-11-5-12-27-57/h3-26,28-52,57,83H,27H2,1-2H3,(H,91,92). The van der Waals surface area contributed by atoms with E-state index >= 15 is 0 Å². The molecule has 5 aromatic heterocycles. The molecule has 12 aromatic carbocycles. The van der Waals surface area contributed by atoms with Gasteiger partial charge in [-0.05, 0) is 120 Å². The van der Waals surface area contributed by atoms with Crippen LogP contribution < -0.4 is 5.32 Å². The molecule has 6 heterocycles. The first kappa shape index (κ1) is 56.0. The highest BCUT2D eigenvalue weighted by Crippen LogP contribution is 2.47. The van der Waals surface area contributed by atoms with Crippen LogP contribution in [0.25, 0.3) is 163 Å². The molecule has 0 spiro atoms. The molecule has 0 bridgehead atoms. The van der Waals surface area contributed by atoms with Crippen molar-refractivity contribution >= 4 is 118 Å². The summed E-state index contributed by atoms with van der Waals surface area (Å²) in [6.45, 7) is 4.40. The second-order valence-electron chi connectivity index (χ2n) is 25.5. The molecule has 17 aromatic rings. The second-order valence-corrected chi connectivity index (χ2v) is 27.6. The van der Waals surface area contributed by atoms with Crippen molar-refractivity contribution in [2.75, 3.05) is 0 Å². The average Bonchev–Trinajstić information content (AvgIpc) is 1.57. The van der Waals surface area contributed by atoms with Crippen LogP contribution in [-0.2, 0) is 0 Å². The van der Waals surface area contributed by atoms with E-state index in [0.717, 1.165) is 90.6 Å². The number of nitrogens with one attached hydrogen (secondary N) is 1. The predicted molar refractivity (Wildman–Crippen MR) is 408 cm³/mol. The highest BCUT2D eigenvalue weighted by molar-refractivity contribution is 7.26. The molecule has 454 valence electrons. The molecule has 19 rings (SSSR count). The minimum atomic E-state index is 0.0764. The Hall–Kier alpha value is -11.6. The molecule has 2 unspecified atom stereocenters. The Morgan fingerprint density at radius 2 is 0.927 bits per heavy atom. The Bertz CT molecular complexity index is 6180. The maximum absolute atomic E-state index is 5.51. The highest BCUT2D eigenvalue weighted by Gasteiger charge is 2.31. The van der Waals surface area contributed by atoms with E-state index in [9.17, 15) is 0 Å². The van der Waals surface area contributed by atoms with Gasteiger partial charge in [-0.1, -0.05) is 237 Å². The van der Waals surface area contributed by atoms with Crippen LogP contribution in [0.4, 0.5) is 0 Å². The van der Waals surface area contributed by atoms with Gasteiger partial charge in [-0.3, -0.25) is 4.57 Å². The minimum Gasteiger partial charge on any atom is -0.348 e. The zero-order chi connectivity index (χ0) is 63.5. The second kappa shape index (κ2) is 22.6. The minimum absolute atomic E-state index is 0.0764. The molecular weight excluding hydrogens is 1210 g/mol. The summed E-state index contributed by atoms with van der Waals surface area (Å²) in [6.07, 6.45) is 9.93. The topological polar surface area (TPSA) is 60.0 Å². The van der Waals surface area contributed by atoms with E-state index in [0.29, 0.717) is 11.7 Å². The van der Waals surface area contributed by atoms with Crippen molar-refractivity contribution in [2.24, 2.45) is 10.9 Å². The van der Waals surface area contributed by atoms with Crippen LogP contribution in [0.5, 0.6) is 0 Å². The normalized spacial score (nSPS) is 15.0. The summed E-state index contributed by atoms with van der Waals surface area (Å²) >= 11 is 3.76. The highest BCUT2D eigenvalue weighted by atomic mass is 32.1. The molecule has 2 aliphatic rings. The number of benzene rings is 12. The zero-order valence-corrected chi connectivity index (χ0v) is 54.3. The van der Waals surface area contributed by atoms with E-state index < -0.39 is 0 Å². The van der Waals surface area contributed by atoms with Crippen molar-refractivity contribution in [1.82, 2.24) is 24.4 Å². The first-order valence-corrected chi connectivity index (χ1v) is 34.6. The fraction of sp³-hybridized carbons (Fsp3) is 0.0568. The molecule has 0 amide bonds. The van der Waals surface area contributed by atoms with E-state index in [1.807, 2.05) is 28.7 Å². The summed E-state index contributed by atoms with van der Waals surface area (Å²) in [6, 6.07) is 100.0. The summed E-state index contributed by atoms with van der Waals surface area (Å²) in [5.74, 6) is 1.84. The fourth-order valence-corrected chi connectivity index (χ4v) is 17.8. The smallest absolute Gasteiger partial charge is 0.209 e. The van der Waals surface area contributed by atoms with Crippen LogP contribution in [0.1, 0.15) is 24.5 Å². The monoisotopic (exact) mass is 1260 g/mol. The van der Waals surface area contributed by atoms with Gasteiger partial charge in [-0.25, -0.2) is 15.0 Å². The van der Waals surface area contributed by atoms with Crippen molar-refractivity contribution < 1.29 is 0 Å². The third-order valence-corrected chi connectivity index (χ3v) is 22.4. The lowest BCUT2D eigenvalue weighted by atomic mass is 9.86. The predicted octanol–water partition coefficient (Wildman–Crippen LogP) is 23.5. The Kier molecular flexibility index (Phi) is 13.2. The Morgan fingerprint density at radius 1 is 0.385 bits per heavy atom. The summed E-state index contributed by atoms with van der Waals surface area (Å²) in [5.41, 5.74) is 22.1. The van der Waals surface area contributed by atoms with Crippen LogP contribution in [0.2, 0.25) is 0 Å². The lowest BCUT2D eigenvalue weighted by Gasteiger charge is -2.33. The maximum atomic E-state index is 5.51. The Balaban J connectivity index is 0.738. The summed E-state index contributed by atoms with van der Waals surface area (Å²) in [7, 11) is 0. The van der Waals surface area contributed by atoms with Gasteiger partial charge in [0.2, 0.25) is 5.96 Å². The molecular formula is C88H60N6S2. The van der Waals surface area contributed by atoms with Gasteiger partial charge >= 0.3 is 0 Å². The van der Waals surface area contributed by atoms with Crippen LogP contribution in [0, 0.1) is 12.8 Å². The first-order chi connectivity index (χ1) is 47.4. The molecule has 1 aliphatic carbocycles. The molecule has 6 nitrogen and oxygen atoms in total. The maximum Gasteiger partial charge on any atom is 0.209 e. The molecule has 0 saturated carbocycles. The number of hydrogen-bond acceptors (Lipinski definition) is 6. The molecule has 8 heteroatoms. The van der Waals surface area contributed by atoms with E-state index in [4.69, 9.17) is 15.0 Å². The number of allylic oxidation sites excluding steroid dienone is 3. The molecule has 0 radical (unpaired) electrons. The number of hydrogen-bond donors (Lipinski definition) is 1. The average molecular weight is 1270 g/mol. The molecule has 1 aliphatic heterocycles. The van der Waals surface area contributed by atoms with Crippen LogP contribution in [-0.4, -0.2) is 31.1 Å². The molecule has 96 heavy (non-hydrogen) atoms. The van der Waals surface area contributed by atoms with E-state index in [1.165, 1.54) is 95.3 Å².